The molecule has 0 aliphatic rings. The molecule has 0 aliphatic carbocycles. The van der Waals surface area contributed by atoms with Crippen LogP contribution in [0, 0.1) is 5.92 Å². The number of hydrogen-bond donors (Lipinski definition) is 0. The Morgan fingerprint density at radius 2 is 1.50 bits per heavy atom. The molecule has 0 heterocycles. The first-order valence-electron chi connectivity index (χ1n) is 8.35. The summed E-state index contributed by atoms with van der Waals surface area (Å²) in [4.78, 5) is 11.4. The Hall–Kier alpha value is -0.790. The first kappa shape index (κ1) is 19.2. The third kappa shape index (κ3) is 10.1. The fourth-order valence-electron chi connectivity index (χ4n) is 2.22. The van der Waals surface area contributed by atoms with E-state index in [1.54, 1.807) is 6.92 Å². The molecule has 118 valence electrons. The van der Waals surface area contributed by atoms with Gasteiger partial charge in [-0.25, -0.2) is 4.79 Å². The second-order valence-corrected chi connectivity index (χ2v) is 6.13. The van der Waals surface area contributed by atoms with Crippen LogP contribution in [0.15, 0.2) is 12.2 Å². The maximum atomic E-state index is 11.4. The highest BCUT2D eigenvalue weighted by Gasteiger charge is 2.16. The van der Waals surface area contributed by atoms with Crippen LogP contribution in [-0.2, 0) is 9.53 Å². The van der Waals surface area contributed by atoms with Crippen molar-refractivity contribution in [3.05, 3.63) is 12.2 Å². The summed E-state index contributed by atoms with van der Waals surface area (Å²) in [5, 5.41) is 0. The van der Waals surface area contributed by atoms with Crippen molar-refractivity contribution in [2.24, 2.45) is 5.92 Å². The summed E-state index contributed by atoms with van der Waals surface area (Å²) in [6.07, 6.45) is 11.9. The van der Waals surface area contributed by atoms with E-state index in [9.17, 15) is 4.79 Å². The van der Waals surface area contributed by atoms with Gasteiger partial charge in [0, 0.05) is 5.57 Å². The van der Waals surface area contributed by atoms with E-state index in [1.165, 1.54) is 51.4 Å². The van der Waals surface area contributed by atoms with E-state index in [0.29, 0.717) is 11.5 Å². The first-order valence-corrected chi connectivity index (χ1v) is 8.35. The molecule has 0 saturated heterocycles. The maximum absolute atomic E-state index is 11.4. The van der Waals surface area contributed by atoms with Gasteiger partial charge in [0.15, 0.2) is 0 Å². The van der Waals surface area contributed by atoms with Crippen LogP contribution in [0.5, 0.6) is 0 Å². The summed E-state index contributed by atoms with van der Waals surface area (Å²) < 4.78 is 5.36. The molecule has 0 saturated carbocycles. The van der Waals surface area contributed by atoms with Crippen molar-refractivity contribution < 1.29 is 9.53 Å². The zero-order chi connectivity index (χ0) is 15.4. The van der Waals surface area contributed by atoms with Crippen LogP contribution < -0.4 is 0 Å². The van der Waals surface area contributed by atoms with Gasteiger partial charge in [-0.05, 0) is 26.2 Å². The van der Waals surface area contributed by atoms with Gasteiger partial charge in [-0.15, -0.1) is 0 Å². The molecule has 0 aliphatic heterocycles. The summed E-state index contributed by atoms with van der Waals surface area (Å²) in [7, 11) is 0. The highest BCUT2D eigenvalue weighted by molar-refractivity contribution is 5.87. The number of esters is 1. The van der Waals surface area contributed by atoms with Gasteiger partial charge in [0.05, 0.1) is 0 Å². The van der Waals surface area contributed by atoms with Gasteiger partial charge in [0.25, 0.3) is 0 Å². The van der Waals surface area contributed by atoms with E-state index in [4.69, 9.17) is 4.74 Å². The number of rotatable bonds is 12. The fraction of sp³-hybridized carbons (Fsp3) is 0.833. The largest absolute Gasteiger partial charge is 0.459 e. The summed E-state index contributed by atoms with van der Waals surface area (Å²) in [5.41, 5.74) is 0.483. The first-order chi connectivity index (χ1) is 9.49. The molecule has 2 heteroatoms. The molecule has 0 rings (SSSR count). The van der Waals surface area contributed by atoms with Gasteiger partial charge in [-0.2, -0.15) is 0 Å². The zero-order valence-corrected chi connectivity index (χ0v) is 14.0. The van der Waals surface area contributed by atoms with Crippen molar-refractivity contribution >= 4 is 5.97 Å². The van der Waals surface area contributed by atoms with Crippen molar-refractivity contribution in [3.63, 3.8) is 0 Å². The second kappa shape index (κ2) is 12.0. The van der Waals surface area contributed by atoms with Gasteiger partial charge in [-0.1, -0.05) is 71.8 Å². The van der Waals surface area contributed by atoms with E-state index in [0.717, 1.165) is 6.42 Å². The minimum Gasteiger partial charge on any atom is -0.459 e. The summed E-state index contributed by atoms with van der Waals surface area (Å²) in [6.45, 7) is 11.7. The smallest absolute Gasteiger partial charge is 0.333 e. The molecule has 0 aromatic carbocycles. The Bertz CT molecular complexity index is 271. The predicted octanol–water partition coefficient (Wildman–Crippen LogP) is 5.66. The highest BCUT2D eigenvalue weighted by atomic mass is 16.5. The monoisotopic (exact) mass is 282 g/mol. The maximum Gasteiger partial charge on any atom is 0.333 e. The Morgan fingerprint density at radius 1 is 1.00 bits per heavy atom. The van der Waals surface area contributed by atoms with Gasteiger partial charge < -0.3 is 4.74 Å². The van der Waals surface area contributed by atoms with Crippen LogP contribution in [0.2, 0.25) is 0 Å². The summed E-state index contributed by atoms with van der Waals surface area (Å²) >= 11 is 0. The molecule has 0 N–H and O–H groups in total. The Labute approximate surface area is 126 Å². The van der Waals surface area contributed by atoms with Crippen LogP contribution in [-0.4, -0.2) is 12.1 Å². The van der Waals surface area contributed by atoms with Crippen LogP contribution in [0.1, 0.15) is 85.5 Å². The summed E-state index contributed by atoms with van der Waals surface area (Å²) in [5.74, 6) is 0.165. The lowest BCUT2D eigenvalue weighted by molar-refractivity contribution is -0.145. The molecule has 0 bridgehead atoms. The van der Waals surface area contributed by atoms with Crippen molar-refractivity contribution in [3.8, 4) is 0 Å². The lowest BCUT2D eigenvalue weighted by Crippen LogP contribution is -2.22. The molecule has 20 heavy (non-hydrogen) atoms. The van der Waals surface area contributed by atoms with Gasteiger partial charge in [-0.3, -0.25) is 0 Å². The highest BCUT2D eigenvalue weighted by Crippen LogP contribution is 2.18. The quantitative estimate of drug-likeness (QED) is 0.262. The molecule has 0 radical (unpaired) electrons. The molecule has 0 fully saturated rings. The lowest BCUT2D eigenvalue weighted by Gasteiger charge is -2.20. The number of carbonyl (C=O) groups is 1. The minimum atomic E-state index is -0.264. The van der Waals surface area contributed by atoms with Crippen LogP contribution in [0.4, 0.5) is 0 Å². The van der Waals surface area contributed by atoms with Crippen molar-refractivity contribution in [1.82, 2.24) is 0 Å². The number of ether oxygens (including phenoxy) is 1. The zero-order valence-electron chi connectivity index (χ0n) is 14.0. The second-order valence-electron chi connectivity index (χ2n) is 6.13. The number of hydrogen-bond acceptors (Lipinski definition) is 2. The van der Waals surface area contributed by atoms with Gasteiger partial charge in [0.2, 0.25) is 0 Å². The average Bonchev–Trinajstić information content (AvgIpc) is 2.41. The molecule has 0 aromatic rings. The van der Waals surface area contributed by atoms with E-state index in [-0.39, 0.29) is 12.1 Å². The molecular formula is C18H34O2. The van der Waals surface area contributed by atoms with Crippen LogP contribution >= 0.6 is 0 Å². The Morgan fingerprint density at radius 3 is 2.00 bits per heavy atom. The molecule has 2 unspecified atom stereocenters. The molecule has 2 nitrogen and oxygen atoms in total. The number of carbonyl (C=O) groups excluding carboxylic acids is 1. The summed E-state index contributed by atoms with van der Waals surface area (Å²) in [6, 6.07) is 0. The molecule has 0 aromatic heterocycles. The van der Waals surface area contributed by atoms with Crippen molar-refractivity contribution in [2.75, 3.05) is 0 Å². The van der Waals surface area contributed by atoms with E-state index >= 15 is 0 Å². The Kier molecular flexibility index (Phi) is 11.5. The van der Waals surface area contributed by atoms with Crippen LogP contribution in [0.3, 0.4) is 0 Å². The fourth-order valence-corrected chi connectivity index (χ4v) is 2.22. The van der Waals surface area contributed by atoms with Crippen LogP contribution in [0.25, 0.3) is 0 Å². The predicted molar refractivity (Wildman–Crippen MR) is 86.8 cm³/mol. The average molecular weight is 282 g/mol. The molecule has 0 spiro atoms. The van der Waals surface area contributed by atoms with Gasteiger partial charge in [0.1, 0.15) is 6.10 Å². The molecule has 0 amide bonds. The van der Waals surface area contributed by atoms with E-state index in [1.807, 2.05) is 6.92 Å². The lowest BCUT2D eigenvalue weighted by atomic mass is 9.97. The van der Waals surface area contributed by atoms with Gasteiger partial charge >= 0.3 is 5.97 Å². The molecular weight excluding hydrogens is 248 g/mol. The minimum absolute atomic E-state index is 0.0104. The molecule has 2 atom stereocenters. The van der Waals surface area contributed by atoms with Crippen molar-refractivity contribution in [1.29, 1.82) is 0 Å². The third-order valence-corrected chi connectivity index (χ3v) is 3.96. The Balaban J connectivity index is 3.54. The normalized spacial score (nSPS) is 13.8. The van der Waals surface area contributed by atoms with Crippen molar-refractivity contribution in [2.45, 2.75) is 91.6 Å². The SMILES string of the molecule is C=C(C)C(=O)OC(C)C(C)CCCCCCCCCC. The van der Waals surface area contributed by atoms with E-state index < -0.39 is 0 Å². The standard InChI is InChI=1S/C18H34O2/c1-6-7-8-9-10-11-12-13-14-16(4)17(5)20-18(19)15(2)3/h16-17H,2,6-14H2,1,3-5H3. The number of unbranched alkanes of at least 4 members (excludes halogenated alkanes) is 7. The topological polar surface area (TPSA) is 26.3 Å². The third-order valence-electron chi connectivity index (χ3n) is 3.96. The van der Waals surface area contributed by atoms with E-state index in [2.05, 4.69) is 20.4 Å².